The number of nitrogens with one attached hydrogen (secondary N) is 1. The topological polar surface area (TPSA) is 115 Å². The van der Waals surface area contributed by atoms with E-state index in [-0.39, 0.29) is 4.90 Å². The van der Waals surface area contributed by atoms with Crippen molar-refractivity contribution < 1.29 is 13.2 Å². The lowest BCUT2D eigenvalue weighted by Crippen LogP contribution is -2.16. The van der Waals surface area contributed by atoms with E-state index in [0.717, 1.165) is 5.56 Å². The molecule has 0 bridgehead atoms. The second-order valence-electron chi connectivity index (χ2n) is 4.56. The van der Waals surface area contributed by atoms with Gasteiger partial charge in [0.1, 0.15) is 0 Å². The highest BCUT2D eigenvalue weighted by Crippen LogP contribution is 2.19. The van der Waals surface area contributed by atoms with Crippen molar-refractivity contribution in [3.63, 3.8) is 0 Å². The molecule has 0 radical (unpaired) electrons. The summed E-state index contributed by atoms with van der Waals surface area (Å²) < 4.78 is 22.6. The summed E-state index contributed by atoms with van der Waals surface area (Å²) in [7, 11) is -3.82. The highest BCUT2D eigenvalue weighted by Gasteiger charge is 2.13. The van der Waals surface area contributed by atoms with Gasteiger partial charge in [-0.3, -0.25) is 4.79 Å². The molecule has 0 unspecified atom stereocenters. The third-order valence-electron chi connectivity index (χ3n) is 2.99. The zero-order chi connectivity index (χ0) is 15.6. The van der Waals surface area contributed by atoms with Crippen molar-refractivity contribution in [3.05, 3.63) is 53.6 Å². The van der Waals surface area contributed by atoms with Gasteiger partial charge in [-0.05, 0) is 36.8 Å². The standard InChI is InChI=1S/C14H15N3O3S/c1-9-4-2-7-12(13(9)15)14(18)17-10-5-3-6-11(8-10)21(16,19)20/h2-8H,15H2,1H3,(H,17,18)(H2,16,19,20). The fourth-order valence-corrected chi connectivity index (χ4v) is 2.39. The van der Waals surface area contributed by atoms with Gasteiger partial charge < -0.3 is 11.1 Å². The van der Waals surface area contributed by atoms with Crippen LogP contribution in [0.3, 0.4) is 0 Å². The van der Waals surface area contributed by atoms with Crippen LogP contribution >= 0.6 is 0 Å². The lowest BCUT2D eigenvalue weighted by molar-refractivity contribution is 0.102. The van der Waals surface area contributed by atoms with Gasteiger partial charge in [-0.1, -0.05) is 18.2 Å². The zero-order valence-corrected chi connectivity index (χ0v) is 12.1. The number of rotatable bonds is 3. The van der Waals surface area contributed by atoms with Crippen LogP contribution < -0.4 is 16.2 Å². The minimum Gasteiger partial charge on any atom is -0.398 e. The van der Waals surface area contributed by atoms with Crippen molar-refractivity contribution in [2.45, 2.75) is 11.8 Å². The van der Waals surface area contributed by atoms with Gasteiger partial charge in [-0.2, -0.15) is 0 Å². The minimum atomic E-state index is -3.82. The fourth-order valence-electron chi connectivity index (χ4n) is 1.83. The predicted molar refractivity (Wildman–Crippen MR) is 81.4 cm³/mol. The predicted octanol–water partition coefficient (Wildman–Crippen LogP) is 1.48. The van der Waals surface area contributed by atoms with Crippen molar-refractivity contribution in [2.24, 2.45) is 5.14 Å². The summed E-state index contributed by atoms with van der Waals surface area (Å²) in [6, 6.07) is 10.8. The number of hydrogen-bond acceptors (Lipinski definition) is 4. The van der Waals surface area contributed by atoms with Crippen LogP contribution in [0.5, 0.6) is 0 Å². The van der Waals surface area contributed by atoms with Gasteiger partial charge in [0.15, 0.2) is 0 Å². The van der Waals surface area contributed by atoms with E-state index < -0.39 is 15.9 Å². The summed E-state index contributed by atoms with van der Waals surface area (Å²) in [4.78, 5) is 12.1. The molecule has 1 amide bonds. The van der Waals surface area contributed by atoms with E-state index in [1.54, 1.807) is 31.2 Å². The number of benzene rings is 2. The molecule has 0 aromatic heterocycles. The van der Waals surface area contributed by atoms with Gasteiger partial charge in [-0.15, -0.1) is 0 Å². The van der Waals surface area contributed by atoms with Crippen LogP contribution in [0.1, 0.15) is 15.9 Å². The smallest absolute Gasteiger partial charge is 0.257 e. The van der Waals surface area contributed by atoms with Crippen LogP contribution in [0.15, 0.2) is 47.4 Å². The quantitative estimate of drug-likeness (QED) is 0.745. The van der Waals surface area contributed by atoms with Crippen LogP contribution in [0.25, 0.3) is 0 Å². The highest BCUT2D eigenvalue weighted by molar-refractivity contribution is 7.89. The molecule has 21 heavy (non-hydrogen) atoms. The molecule has 0 aliphatic carbocycles. The summed E-state index contributed by atoms with van der Waals surface area (Å²) in [6.45, 7) is 1.80. The molecule has 0 aliphatic heterocycles. The first-order valence-electron chi connectivity index (χ1n) is 6.08. The number of nitrogen functional groups attached to an aromatic ring is 1. The second-order valence-corrected chi connectivity index (χ2v) is 6.12. The maximum absolute atomic E-state index is 12.2. The molecule has 0 saturated heterocycles. The molecule has 7 heteroatoms. The van der Waals surface area contributed by atoms with Crippen LogP contribution in [-0.4, -0.2) is 14.3 Å². The Morgan fingerprint density at radius 3 is 2.48 bits per heavy atom. The maximum Gasteiger partial charge on any atom is 0.257 e. The van der Waals surface area contributed by atoms with E-state index in [2.05, 4.69) is 5.32 Å². The van der Waals surface area contributed by atoms with E-state index in [1.807, 2.05) is 0 Å². The average Bonchev–Trinajstić information content (AvgIpc) is 2.41. The maximum atomic E-state index is 12.2. The van der Waals surface area contributed by atoms with E-state index >= 15 is 0 Å². The average molecular weight is 305 g/mol. The van der Waals surface area contributed by atoms with Gasteiger partial charge in [-0.25, -0.2) is 13.6 Å². The molecule has 0 heterocycles. The number of nitrogens with two attached hydrogens (primary N) is 2. The summed E-state index contributed by atoms with van der Waals surface area (Å²) in [6.07, 6.45) is 0. The van der Waals surface area contributed by atoms with Gasteiger partial charge in [0.25, 0.3) is 5.91 Å². The normalized spacial score (nSPS) is 11.1. The van der Waals surface area contributed by atoms with Gasteiger partial charge in [0, 0.05) is 11.4 Å². The Hall–Kier alpha value is -2.38. The van der Waals surface area contributed by atoms with Gasteiger partial charge in [0.2, 0.25) is 10.0 Å². The summed E-state index contributed by atoms with van der Waals surface area (Å²) in [5.41, 5.74) is 7.69. The summed E-state index contributed by atoms with van der Waals surface area (Å²) >= 11 is 0. The lowest BCUT2D eigenvalue weighted by atomic mass is 10.1. The Labute approximate surface area is 122 Å². The van der Waals surface area contributed by atoms with Crippen molar-refractivity contribution >= 4 is 27.3 Å². The molecule has 2 rings (SSSR count). The number of sulfonamides is 1. The number of hydrogen-bond donors (Lipinski definition) is 3. The van der Waals surface area contributed by atoms with Crippen molar-refractivity contribution in [2.75, 3.05) is 11.1 Å². The molecule has 110 valence electrons. The molecule has 0 fully saturated rings. The van der Waals surface area contributed by atoms with Crippen molar-refractivity contribution in [1.82, 2.24) is 0 Å². The fraction of sp³-hybridized carbons (Fsp3) is 0.0714. The first-order valence-corrected chi connectivity index (χ1v) is 7.63. The Balaban J connectivity index is 2.30. The number of primary sulfonamides is 1. The lowest BCUT2D eigenvalue weighted by Gasteiger charge is -2.10. The van der Waals surface area contributed by atoms with Gasteiger partial charge >= 0.3 is 0 Å². The Morgan fingerprint density at radius 1 is 1.14 bits per heavy atom. The molecule has 0 aliphatic rings. The van der Waals surface area contributed by atoms with Crippen molar-refractivity contribution in [1.29, 1.82) is 0 Å². The third kappa shape index (κ3) is 3.39. The molecular weight excluding hydrogens is 290 g/mol. The van der Waals surface area contributed by atoms with E-state index in [9.17, 15) is 13.2 Å². The Bertz CT molecular complexity index is 801. The monoisotopic (exact) mass is 305 g/mol. The number of aryl methyl sites for hydroxylation is 1. The summed E-state index contributed by atoms with van der Waals surface area (Å²) in [5, 5.41) is 7.65. The minimum absolute atomic E-state index is 0.0717. The van der Waals surface area contributed by atoms with Crippen LogP contribution in [-0.2, 0) is 10.0 Å². The summed E-state index contributed by atoms with van der Waals surface area (Å²) in [5.74, 6) is -0.414. The van der Waals surface area contributed by atoms with E-state index in [1.165, 1.54) is 18.2 Å². The molecule has 0 atom stereocenters. The van der Waals surface area contributed by atoms with Crippen LogP contribution in [0.4, 0.5) is 11.4 Å². The molecule has 0 spiro atoms. The van der Waals surface area contributed by atoms with Gasteiger partial charge in [0.05, 0.1) is 10.5 Å². The first-order chi connectivity index (χ1) is 9.79. The zero-order valence-electron chi connectivity index (χ0n) is 11.3. The number of carbonyl (C=O) groups excluding carboxylic acids is 1. The highest BCUT2D eigenvalue weighted by atomic mass is 32.2. The number of para-hydroxylation sites is 1. The number of anilines is 2. The number of carbonyl (C=O) groups is 1. The van der Waals surface area contributed by atoms with Crippen LogP contribution in [0.2, 0.25) is 0 Å². The van der Waals surface area contributed by atoms with E-state index in [0.29, 0.717) is 16.9 Å². The van der Waals surface area contributed by atoms with Crippen molar-refractivity contribution in [3.8, 4) is 0 Å². The van der Waals surface area contributed by atoms with Crippen LogP contribution in [0, 0.1) is 6.92 Å². The molecule has 5 N–H and O–H groups in total. The second kappa shape index (κ2) is 5.55. The molecule has 6 nitrogen and oxygen atoms in total. The Morgan fingerprint density at radius 2 is 1.81 bits per heavy atom. The first kappa shape index (κ1) is 15.0. The van der Waals surface area contributed by atoms with E-state index in [4.69, 9.17) is 10.9 Å². The molecule has 0 saturated carbocycles. The molecule has 2 aromatic carbocycles. The SMILES string of the molecule is Cc1cccc(C(=O)Nc2cccc(S(N)(=O)=O)c2)c1N. The third-order valence-corrected chi connectivity index (χ3v) is 3.90. The Kier molecular flexibility index (Phi) is 3.97. The largest absolute Gasteiger partial charge is 0.398 e. The molecule has 2 aromatic rings. The number of amides is 1. The molecular formula is C14H15N3O3S.